The van der Waals surface area contributed by atoms with E-state index in [2.05, 4.69) is 0 Å². The second kappa shape index (κ2) is 2.27. The van der Waals surface area contributed by atoms with E-state index in [1.165, 1.54) is 0 Å². The Morgan fingerprint density at radius 2 is 1.92 bits per heavy atom. The van der Waals surface area contributed by atoms with E-state index in [9.17, 15) is 5.11 Å². The van der Waals surface area contributed by atoms with Crippen molar-refractivity contribution >= 4 is 11.0 Å². The van der Waals surface area contributed by atoms with Crippen LogP contribution >= 0.6 is 0 Å². The summed E-state index contributed by atoms with van der Waals surface area (Å²) in [5.74, 6) is 0.296. The number of benzene rings is 1. The molecule has 0 bridgehead atoms. The van der Waals surface area contributed by atoms with Crippen LogP contribution in [0.3, 0.4) is 0 Å². The fourth-order valence-electron chi connectivity index (χ4n) is 1.42. The molecule has 2 rings (SSSR count). The zero-order valence-electron chi connectivity index (χ0n) is 7.09. The molecule has 0 saturated heterocycles. The van der Waals surface area contributed by atoms with E-state index in [1.807, 2.05) is 13.8 Å². The zero-order chi connectivity index (χ0) is 8.72. The summed E-state index contributed by atoms with van der Waals surface area (Å²) in [6.45, 7) is 3.88. The first-order chi connectivity index (χ1) is 5.68. The summed E-state index contributed by atoms with van der Waals surface area (Å²) in [5.41, 5.74) is 2.90. The highest BCUT2D eigenvalue weighted by Gasteiger charge is 2.05. The first kappa shape index (κ1) is 7.22. The first-order valence-electron chi connectivity index (χ1n) is 3.86. The summed E-state index contributed by atoms with van der Waals surface area (Å²) in [5, 5.41) is 10.3. The minimum Gasteiger partial charge on any atom is -0.508 e. The second-order valence-electron chi connectivity index (χ2n) is 3.06. The topological polar surface area (TPSA) is 33.4 Å². The van der Waals surface area contributed by atoms with Crippen molar-refractivity contribution in [2.45, 2.75) is 13.8 Å². The molecule has 0 aliphatic rings. The molecule has 1 aromatic heterocycles. The predicted octanol–water partition coefficient (Wildman–Crippen LogP) is 2.76. The molecule has 0 fully saturated rings. The number of furan rings is 1. The molecule has 62 valence electrons. The Labute approximate surface area is 70.4 Å². The van der Waals surface area contributed by atoms with Gasteiger partial charge in [-0.3, -0.25) is 0 Å². The Balaban J connectivity index is 2.92. The molecule has 1 aromatic carbocycles. The third-order valence-electron chi connectivity index (χ3n) is 2.04. The number of rotatable bonds is 0. The number of aromatic hydroxyl groups is 1. The van der Waals surface area contributed by atoms with Crippen LogP contribution in [0.2, 0.25) is 0 Å². The van der Waals surface area contributed by atoms with Crippen LogP contribution < -0.4 is 0 Å². The van der Waals surface area contributed by atoms with E-state index in [1.54, 1.807) is 18.4 Å². The molecule has 2 nitrogen and oxygen atoms in total. The number of hydrogen-bond donors (Lipinski definition) is 1. The fourth-order valence-corrected chi connectivity index (χ4v) is 1.42. The highest BCUT2D eigenvalue weighted by atomic mass is 16.3. The molecule has 0 amide bonds. The third-order valence-corrected chi connectivity index (χ3v) is 2.04. The van der Waals surface area contributed by atoms with Gasteiger partial charge in [0.15, 0.2) is 0 Å². The van der Waals surface area contributed by atoms with Crippen LogP contribution in [-0.4, -0.2) is 5.11 Å². The largest absolute Gasteiger partial charge is 0.508 e. The van der Waals surface area contributed by atoms with Gasteiger partial charge in [0.25, 0.3) is 0 Å². The van der Waals surface area contributed by atoms with Gasteiger partial charge in [0, 0.05) is 5.39 Å². The highest BCUT2D eigenvalue weighted by molar-refractivity contribution is 5.84. The Hall–Kier alpha value is -1.44. The molecular weight excluding hydrogens is 152 g/mol. The molecule has 0 radical (unpaired) electrons. The second-order valence-corrected chi connectivity index (χ2v) is 3.06. The summed E-state index contributed by atoms with van der Waals surface area (Å²) >= 11 is 0. The van der Waals surface area contributed by atoms with Crippen LogP contribution in [0.25, 0.3) is 11.0 Å². The maximum Gasteiger partial charge on any atom is 0.137 e. The van der Waals surface area contributed by atoms with Gasteiger partial charge >= 0.3 is 0 Å². The average molecular weight is 162 g/mol. The lowest BCUT2D eigenvalue weighted by atomic mass is 10.1. The van der Waals surface area contributed by atoms with Crippen LogP contribution in [0.5, 0.6) is 5.75 Å². The number of phenols is 1. The number of phenolic OH excluding ortho intramolecular Hbond substituents is 1. The quantitative estimate of drug-likeness (QED) is 0.646. The SMILES string of the molecule is Cc1coc2c(C)cc(O)cc12. The van der Waals surface area contributed by atoms with Crippen molar-refractivity contribution in [2.24, 2.45) is 0 Å². The Morgan fingerprint density at radius 3 is 2.67 bits per heavy atom. The smallest absolute Gasteiger partial charge is 0.137 e. The maximum absolute atomic E-state index is 9.31. The van der Waals surface area contributed by atoms with Crippen LogP contribution in [-0.2, 0) is 0 Å². The van der Waals surface area contributed by atoms with Gasteiger partial charge in [0.1, 0.15) is 11.3 Å². The molecule has 0 saturated carbocycles. The van der Waals surface area contributed by atoms with Gasteiger partial charge in [-0.2, -0.15) is 0 Å². The fraction of sp³-hybridized carbons (Fsp3) is 0.200. The van der Waals surface area contributed by atoms with Crippen LogP contribution in [0.4, 0.5) is 0 Å². The molecule has 2 aromatic rings. The third kappa shape index (κ3) is 0.881. The molecule has 0 unspecified atom stereocenters. The summed E-state index contributed by atoms with van der Waals surface area (Å²) in [6, 6.07) is 3.42. The van der Waals surface area contributed by atoms with Crippen molar-refractivity contribution in [3.05, 3.63) is 29.5 Å². The summed E-state index contributed by atoms with van der Waals surface area (Å²) in [7, 11) is 0. The van der Waals surface area contributed by atoms with Gasteiger partial charge in [-0.05, 0) is 37.1 Å². The van der Waals surface area contributed by atoms with Crippen LogP contribution in [0, 0.1) is 13.8 Å². The van der Waals surface area contributed by atoms with Gasteiger partial charge in [-0.1, -0.05) is 0 Å². The van der Waals surface area contributed by atoms with E-state index in [4.69, 9.17) is 4.42 Å². The highest BCUT2D eigenvalue weighted by Crippen LogP contribution is 2.27. The lowest BCUT2D eigenvalue weighted by molar-refractivity contribution is 0.475. The molecular formula is C10H10O2. The summed E-state index contributed by atoms with van der Waals surface area (Å²) in [4.78, 5) is 0. The summed E-state index contributed by atoms with van der Waals surface area (Å²) < 4.78 is 5.32. The monoisotopic (exact) mass is 162 g/mol. The van der Waals surface area contributed by atoms with E-state index in [-0.39, 0.29) is 0 Å². The molecule has 0 atom stereocenters. The number of hydrogen-bond acceptors (Lipinski definition) is 2. The van der Waals surface area contributed by atoms with Crippen molar-refractivity contribution in [1.29, 1.82) is 0 Å². The molecule has 2 heteroatoms. The predicted molar refractivity (Wildman–Crippen MR) is 47.4 cm³/mol. The van der Waals surface area contributed by atoms with E-state index >= 15 is 0 Å². The maximum atomic E-state index is 9.31. The van der Waals surface area contributed by atoms with Crippen LogP contribution in [0.15, 0.2) is 22.8 Å². The molecule has 0 aliphatic heterocycles. The van der Waals surface area contributed by atoms with Gasteiger partial charge in [0.05, 0.1) is 6.26 Å². The van der Waals surface area contributed by atoms with Gasteiger partial charge in [0.2, 0.25) is 0 Å². The lowest BCUT2D eigenvalue weighted by Gasteiger charge is -1.96. The van der Waals surface area contributed by atoms with Crippen LogP contribution in [0.1, 0.15) is 11.1 Å². The minimum absolute atomic E-state index is 0.296. The van der Waals surface area contributed by atoms with Crippen molar-refractivity contribution in [2.75, 3.05) is 0 Å². The lowest BCUT2D eigenvalue weighted by Crippen LogP contribution is -1.74. The molecule has 12 heavy (non-hydrogen) atoms. The van der Waals surface area contributed by atoms with E-state index in [0.29, 0.717) is 5.75 Å². The Bertz CT molecular complexity index is 427. The average Bonchev–Trinajstić information content (AvgIpc) is 2.33. The summed E-state index contributed by atoms with van der Waals surface area (Å²) in [6.07, 6.45) is 1.71. The minimum atomic E-state index is 0.296. The normalized spacial score (nSPS) is 10.8. The zero-order valence-corrected chi connectivity index (χ0v) is 7.09. The Kier molecular flexibility index (Phi) is 1.37. The molecule has 0 spiro atoms. The standard InChI is InChI=1S/C10H10O2/c1-6-3-8(11)4-9-7(2)5-12-10(6)9/h3-5,11H,1-2H3. The van der Waals surface area contributed by atoms with Crippen molar-refractivity contribution in [3.8, 4) is 5.75 Å². The van der Waals surface area contributed by atoms with Crippen molar-refractivity contribution in [1.82, 2.24) is 0 Å². The van der Waals surface area contributed by atoms with Crippen molar-refractivity contribution in [3.63, 3.8) is 0 Å². The van der Waals surface area contributed by atoms with E-state index < -0.39 is 0 Å². The van der Waals surface area contributed by atoms with Crippen molar-refractivity contribution < 1.29 is 9.52 Å². The molecule has 1 N–H and O–H groups in total. The molecule has 0 aliphatic carbocycles. The number of fused-ring (bicyclic) bond motifs is 1. The first-order valence-corrected chi connectivity index (χ1v) is 3.86. The Morgan fingerprint density at radius 1 is 1.17 bits per heavy atom. The number of aryl methyl sites for hydroxylation is 2. The van der Waals surface area contributed by atoms with E-state index in [0.717, 1.165) is 22.1 Å². The van der Waals surface area contributed by atoms with Gasteiger partial charge in [-0.15, -0.1) is 0 Å². The van der Waals surface area contributed by atoms with Gasteiger partial charge in [-0.25, -0.2) is 0 Å². The van der Waals surface area contributed by atoms with Gasteiger partial charge < -0.3 is 9.52 Å². The molecule has 1 heterocycles.